The number of fused-ring (bicyclic) bond motifs is 4. The minimum absolute atomic E-state index is 0.0508. The van der Waals surface area contributed by atoms with E-state index in [1.54, 1.807) is 42.5 Å². The number of halogens is 1. The summed E-state index contributed by atoms with van der Waals surface area (Å²) in [6, 6.07) is 17.1. The predicted octanol–water partition coefficient (Wildman–Crippen LogP) is 5.04. The van der Waals surface area contributed by atoms with Crippen molar-refractivity contribution < 1.29 is 23.6 Å². The van der Waals surface area contributed by atoms with Crippen LogP contribution in [-0.4, -0.2) is 40.7 Å². The molecule has 4 atom stereocenters. The smallest absolute Gasteiger partial charge is 0.269 e. The Hall–Kier alpha value is -4.11. The van der Waals surface area contributed by atoms with Gasteiger partial charge in [-0.3, -0.25) is 24.6 Å². The van der Waals surface area contributed by atoms with Gasteiger partial charge in [-0.25, -0.2) is 4.39 Å². The molecule has 194 valence electrons. The molecule has 0 aromatic heterocycles. The molecule has 0 saturated carbocycles. The minimum Gasteiger partial charge on any atom is -0.494 e. The number of amides is 1. The molecule has 1 amide bonds. The van der Waals surface area contributed by atoms with E-state index in [1.807, 2.05) is 6.92 Å². The summed E-state index contributed by atoms with van der Waals surface area (Å²) in [5.41, 5.74) is 0.666. The number of nitro groups is 1. The van der Waals surface area contributed by atoms with Gasteiger partial charge in [0.2, 0.25) is 5.91 Å². The molecule has 6 rings (SSSR count). The van der Waals surface area contributed by atoms with Crippen LogP contribution in [0.15, 0.2) is 66.7 Å². The average molecular weight is 516 g/mol. The van der Waals surface area contributed by atoms with Gasteiger partial charge >= 0.3 is 0 Å². The molecule has 3 aromatic rings. The maximum atomic E-state index is 14.7. The summed E-state index contributed by atoms with van der Waals surface area (Å²) in [6.07, 6.45) is 1.56. The first-order valence-electron chi connectivity index (χ1n) is 12.8. The summed E-state index contributed by atoms with van der Waals surface area (Å²) >= 11 is 0. The van der Waals surface area contributed by atoms with E-state index in [0.717, 1.165) is 18.4 Å². The second kappa shape index (κ2) is 9.02. The van der Waals surface area contributed by atoms with Gasteiger partial charge in [0.25, 0.3) is 5.69 Å². The molecule has 3 aliphatic heterocycles. The van der Waals surface area contributed by atoms with E-state index < -0.39 is 28.1 Å². The fourth-order valence-electron chi connectivity index (χ4n) is 6.79. The first-order chi connectivity index (χ1) is 18.4. The number of ketones is 1. The van der Waals surface area contributed by atoms with Crippen molar-refractivity contribution >= 4 is 23.1 Å². The lowest BCUT2D eigenvalue weighted by Crippen LogP contribution is -2.52. The molecule has 38 heavy (non-hydrogen) atoms. The Morgan fingerprint density at radius 3 is 2.58 bits per heavy atom. The van der Waals surface area contributed by atoms with E-state index in [1.165, 1.54) is 24.3 Å². The van der Waals surface area contributed by atoms with E-state index in [0.29, 0.717) is 35.7 Å². The van der Waals surface area contributed by atoms with Crippen LogP contribution in [0.25, 0.3) is 0 Å². The molecule has 1 N–H and O–H groups in total. The quantitative estimate of drug-likeness (QED) is 0.280. The number of nitro benzene ring substituents is 1. The molecule has 0 aliphatic carbocycles. The second-order valence-electron chi connectivity index (χ2n) is 9.99. The molecule has 3 heterocycles. The van der Waals surface area contributed by atoms with Gasteiger partial charge in [-0.15, -0.1) is 0 Å². The number of carbonyl (C=O) groups excluding carboxylic acids is 2. The molecule has 8 nitrogen and oxygen atoms in total. The standard InChI is InChI=1S/C29H26FN3O5/c1-2-38-21-12-7-18(8-13-21)27(34)26-25(17-5-10-20(11-6-17)33(36)37)24-4-3-15-32(24)29(26)22-16-19(30)9-14-23(22)31-28(29)35/h5-14,16,24-26H,2-4,15H2,1H3,(H,31,35)/t24?,25?,26?,29-/m1/s1. The van der Waals surface area contributed by atoms with Crippen molar-refractivity contribution in [3.05, 3.63) is 99.4 Å². The van der Waals surface area contributed by atoms with Crippen LogP contribution in [-0.2, 0) is 10.3 Å². The molecule has 0 radical (unpaired) electrons. The van der Waals surface area contributed by atoms with Crippen LogP contribution in [0.3, 0.4) is 0 Å². The minimum atomic E-state index is -1.40. The van der Waals surface area contributed by atoms with Gasteiger partial charge in [-0.2, -0.15) is 0 Å². The maximum absolute atomic E-state index is 14.7. The molecular weight excluding hydrogens is 489 g/mol. The lowest BCUT2D eigenvalue weighted by atomic mass is 9.68. The van der Waals surface area contributed by atoms with Gasteiger partial charge in [-0.1, -0.05) is 12.1 Å². The number of nitrogens with one attached hydrogen (secondary N) is 1. The first-order valence-corrected chi connectivity index (χ1v) is 12.8. The third-order valence-electron chi connectivity index (χ3n) is 8.18. The number of rotatable bonds is 6. The van der Waals surface area contributed by atoms with Crippen LogP contribution in [0.5, 0.6) is 5.75 Å². The molecule has 3 aliphatic rings. The van der Waals surface area contributed by atoms with Crippen molar-refractivity contribution in [2.45, 2.75) is 37.3 Å². The zero-order valence-corrected chi connectivity index (χ0v) is 20.7. The van der Waals surface area contributed by atoms with Gasteiger partial charge in [-0.05, 0) is 74.3 Å². The number of carbonyl (C=O) groups is 2. The Morgan fingerprint density at radius 1 is 1.16 bits per heavy atom. The van der Waals surface area contributed by atoms with Gasteiger partial charge in [0.1, 0.15) is 17.1 Å². The molecule has 9 heteroatoms. The zero-order chi connectivity index (χ0) is 26.6. The highest BCUT2D eigenvalue weighted by Gasteiger charge is 2.69. The Balaban J connectivity index is 1.56. The van der Waals surface area contributed by atoms with E-state index in [-0.39, 0.29) is 23.4 Å². The van der Waals surface area contributed by atoms with Crippen LogP contribution in [0.4, 0.5) is 15.8 Å². The highest BCUT2D eigenvalue weighted by Crippen LogP contribution is 2.61. The third-order valence-corrected chi connectivity index (χ3v) is 8.18. The SMILES string of the molecule is CCOc1ccc(C(=O)C2C(c3ccc([N+](=O)[O-])cc3)C3CCCN3[C@@]23C(=O)Nc2ccc(F)cc23)cc1. The number of benzene rings is 3. The van der Waals surface area contributed by atoms with Gasteiger partial charge in [0, 0.05) is 40.9 Å². The molecule has 1 spiro atoms. The summed E-state index contributed by atoms with van der Waals surface area (Å²) in [7, 11) is 0. The third kappa shape index (κ3) is 3.45. The zero-order valence-electron chi connectivity index (χ0n) is 20.7. The van der Waals surface area contributed by atoms with E-state index in [2.05, 4.69) is 10.2 Å². The highest BCUT2D eigenvalue weighted by molar-refractivity contribution is 6.12. The number of ether oxygens (including phenoxy) is 1. The molecule has 3 unspecified atom stereocenters. The number of non-ortho nitro benzene ring substituents is 1. The molecule has 2 saturated heterocycles. The van der Waals surface area contributed by atoms with Gasteiger partial charge < -0.3 is 10.1 Å². The van der Waals surface area contributed by atoms with E-state index >= 15 is 0 Å². The lowest BCUT2D eigenvalue weighted by molar-refractivity contribution is -0.384. The van der Waals surface area contributed by atoms with Crippen LogP contribution in [0, 0.1) is 21.8 Å². The van der Waals surface area contributed by atoms with Crippen LogP contribution in [0.2, 0.25) is 0 Å². The van der Waals surface area contributed by atoms with E-state index in [4.69, 9.17) is 4.74 Å². The Labute approximate surface area is 218 Å². The van der Waals surface area contributed by atoms with Crippen LogP contribution < -0.4 is 10.1 Å². The molecular formula is C29H26FN3O5. The largest absolute Gasteiger partial charge is 0.494 e. The highest BCUT2D eigenvalue weighted by atomic mass is 19.1. The Morgan fingerprint density at radius 2 is 1.89 bits per heavy atom. The summed E-state index contributed by atoms with van der Waals surface area (Å²) in [6.45, 7) is 2.93. The van der Waals surface area contributed by atoms with Crippen LogP contribution >= 0.6 is 0 Å². The predicted molar refractivity (Wildman–Crippen MR) is 138 cm³/mol. The van der Waals surface area contributed by atoms with Crippen LogP contribution in [0.1, 0.15) is 47.2 Å². The summed E-state index contributed by atoms with van der Waals surface area (Å²) in [4.78, 5) is 41.3. The Bertz CT molecular complexity index is 1440. The number of Topliss-reactive ketones (excluding diaryl/α,β-unsaturated/α-hetero) is 1. The topological polar surface area (TPSA) is 102 Å². The van der Waals surface area contributed by atoms with Crippen molar-refractivity contribution in [2.75, 3.05) is 18.5 Å². The normalized spacial score (nSPS) is 25.7. The second-order valence-corrected chi connectivity index (χ2v) is 9.99. The number of hydrogen-bond acceptors (Lipinski definition) is 6. The fourth-order valence-corrected chi connectivity index (χ4v) is 6.79. The average Bonchev–Trinajstić information content (AvgIpc) is 3.57. The van der Waals surface area contributed by atoms with Crippen molar-refractivity contribution in [3.8, 4) is 5.75 Å². The number of anilines is 1. The number of nitrogens with zero attached hydrogens (tertiary/aromatic N) is 2. The fraction of sp³-hybridized carbons (Fsp3) is 0.310. The summed E-state index contributed by atoms with van der Waals surface area (Å²) in [5.74, 6) is -1.76. The van der Waals surface area contributed by atoms with Gasteiger partial charge in [0.05, 0.1) is 17.4 Å². The van der Waals surface area contributed by atoms with Crippen molar-refractivity contribution in [1.29, 1.82) is 0 Å². The van der Waals surface area contributed by atoms with Crippen molar-refractivity contribution in [1.82, 2.24) is 4.90 Å². The van der Waals surface area contributed by atoms with E-state index in [9.17, 15) is 24.1 Å². The maximum Gasteiger partial charge on any atom is 0.269 e. The monoisotopic (exact) mass is 515 g/mol. The molecule has 0 bridgehead atoms. The lowest BCUT2D eigenvalue weighted by Gasteiger charge is -2.36. The molecule has 2 fully saturated rings. The van der Waals surface area contributed by atoms with Gasteiger partial charge in [0.15, 0.2) is 5.78 Å². The summed E-state index contributed by atoms with van der Waals surface area (Å²) < 4.78 is 20.2. The molecule has 3 aromatic carbocycles. The Kier molecular flexibility index (Phi) is 5.75. The summed E-state index contributed by atoms with van der Waals surface area (Å²) in [5, 5.41) is 14.2. The van der Waals surface area contributed by atoms with Crippen molar-refractivity contribution in [2.24, 2.45) is 5.92 Å². The first kappa shape index (κ1) is 24.2. The number of hydrogen-bond donors (Lipinski definition) is 1. The van der Waals surface area contributed by atoms with Crippen molar-refractivity contribution in [3.63, 3.8) is 0 Å².